The van der Waals surface area contributed by atoms with Crippen molar-refractivity contribution >= 4 is 51.6 Å². The second kappa shape index (κ2) is 9.54. The molecule has 2 aromatic carbocycles. The van der Waals surface area contributed by atoms with E-state index in [-0.39, 0.29) is 0 Å². The zero-order valence-corrected chi connectivity index (χ0v) is 18.3. The van der Waals surface area contributed by atoms with Gasteiger partial charge >= 0.3 is 0 Å². The highest BCUT2D eigenvalue weighted by molar-refractivity contribution is 7.98. The molecular formula is C20H21Cl2N5S. The van der Waals surface area contributed by atoms with E-state index in [1.165, 1.54) is 0 Å². The van der Waals surface area contributed by atoms with Gasteiger partial charge in [-0.15, -0.1) is 5.10 Å². The minimum Gasteiger partial charge on any atom is -0.271 e. The number of benzene rings is 2. The molecule has 0 amide bonds. The Morgan fingerprint density at radius 1 is 1.18 bits per heavy atom. The maximum atomic E-state index is 6.43. The Hall–Kier alpha value is -1.89. The topological polar surface area (TPSA) is 54.9 Å². The number of thioether (sulfide) groups is 1. The molecule has 0 unspecified atom stereocenters. The number of rotatable bonds is 7. The summed E-state index contributed by atoms with van der Waals surface area (Å²) in [6.45, 7) is 2.63. The third-order valence-electron chi connectivity index (χ3n) is 4.31. The molecule has 5 nitrogen and oxygen atoms in total. The van der Waals surface area contributed by atoms with Gasteiger partial charge in [-0.2, -0.15) is 22.0 Å². The Balaban J connectivity index is 1.94. The van der Waals surface area contributed by atoms with Crippen molar-refractivity contribution in [2.45, 2.75) is 13.3 Å². The van der Waals surface area contributed by atoms with Gasteiger partial charge in [0.15, 0.2) is 0 Å². The smallest absolute Gasteiger partial charge is 0.100 e. The molecular weight excluding hydrogens is 413 g/mol. The summed E-state index contributed by atoms with van der Waals surface area (Å²) in [6.07, 6.45) is 2.69. The molecule has 8 heteroatoms. The molecule has 1 aromatic heterocycles. The van der Waals surface area contributed by atoms with Crippen LogP contribution in [0, 0.1) is 0 Å². The maximum absolute atomic E-state index is 6.43. The van der Waals surface area contributed by atoms with Crippen LogP contribution in [0.3, 0.4) is 0 Å². The van der Waals surface area contributed by atoms with Crippen molar-refractivity contribution in [2.24, 2.45) is 22.5 Å². The first-order valence-corrected chi connectivity index (χ1v) is 10.9. The van der Waals surface area contributed by atoms with Gasteiger partial charge in [-0.1, -0.05) is 47.5 Å². The van der Waals surface area contributed by atoms with E-state index in [0.29, 0.717) is 23.0 Å². The quantitative estimate of drug-likeness (QED) is 0.190. The summed E-state index contributed by atoms with van der Waals surface area (Å²) < 4.78 is 1.89. The number of fused-ring (bicyclic) bond motifs is 1. The summed E-state index contributed by atoms with van der Waals surface area (Å²) in [4.78, 5) is 0. The van der Waals surface area contributed by atoms with E-state index in [4.69, 9.17) is 28.3 Å². The van der Waals surface area contributed by atoms with Crippen LogP contribution in [0.25, 0.3) is 22.0 Å². The van der Waals surface area contributed by atoms with Gasteiger partial charge in [0.25, 0.3) is 0 Å². The molecule has 0 bridgehead atoms. The van der Waals surface area contributed by atoms with Crippen LogP contribution >= 0.6 is 35.0 Å². The lowest BCUT2D eigenvalue weighted by Gasteiger charge is -2.06. The molecule has 28 heavy (non-hydrogen) atoms. The second-order valence-corrected chi connectivity index (χ2v) is 8.18. The van der Waals surface area contributed by atoms with E-state index in [2.05, 4.69) is 21.5 Å². The van der Waals surface area contributed by atoms with E-state index in [1.54, 1.807) is 17.8 Å². The van der Waals surface area contributed by atoms with E-state index >= 15 is 0 Å². The Morgan fingerprint density at radius 3 is 2.75 bits per heavy atom. The highest BCUT2D eigenvalue weighted by atomic mass is 35.5. The van der Waals surface area contributed by atoms with Crippen LogP contribution in [0.1, 0.15) is 12.6 Å². The Labute approximate surface area is 178 Å². The first kappa shape index (κ1) is 20.8. The third-order valence-corrected chi connectivity index (χ3v) is 5.44. The van der Waals surface area contributed by atoms with Gasteiger partial charge in [0.05, 0.1) is 12.2 Å². The molecule has 0 aliphatic heterocycles. The number of halogens is 2. The average molecular weight is 434 g/mol. The predicted molar refractivity (Wildman–Crippen MR) is 121 cm³/mol. The molecule has 0 saturated carbocycles. The van der Waals surface area contributed by atoms with Crippen LogP contribution in [0.5, 0.6) is 0 Å². The first-order chi connectivity index (χ1) is 13.5. The van der Waals surface area contributed by atoms with Crippen molar-refractivity contribution in [3.05, 3.63) is 52.1 Å². The number of aromatic nitrogens is 2. The van der Waals surface area contributed by atoms with Crippen LogP contribution in [0.4, 0.5) is 0 Å². The van der Waals surface area contributed by atoms with Crippen molar-refractivity contribution in [2.75, 3.05) is 18.6 Å². The van der Waals surface area contributed by atoms with Crippen molar-refractivity contribution in [1.29, 1.82) is 0 Å². The molecule has 3 rings (SSSR count). The molecule has 0 fully saturated rings. The van der Waals surface area contributed by atoms with Crippen LogP contribution in [-0.2, 0) is 13.5 Å². The molecule has 0 aliphatic carbocycles. The fourth-order valence-corrected chi connectivity index (χ4v) is 3.74. The van der Waals surface area contributed by atoms with Gasteiger partial charge in [-0.25, -0.2) is 0 Å². The molecule has 0 saturated heterocycles. The lowest BCUT2D eigenvalue weighted by atomic mass is 10.0. The minimum absolute atomic E-state index is 0.607. The van der Waals surface area contributed by atoms with Crippen LogP contribution < -0.4 is 0 Å². The fourth-order valence-electron chi connectivity index (χ4n) is 2.97. The van der Waals surface area contributed by atoms with Gasteiger partial charge in [-0.05, 0) is 30.5 Å². The second-order valence-electron chi connectivity index (χ2n) is 6.36. The summed E-state index contributed by atoms with van der Waals surface area (Å²) in [5.41, 5.74) is 4.75. The van der Waals surface area contributed by atoms with Crippen molar-refractivity contribution in [3.63, 3.8) is 0 Å². The number of nitrogens with zero attached hydrogens (tertiary/aromatic N) is 5. The van der Waals surface area contributed by atoms with Crippen LogP contribution in [0.15, 0.2) is 51.8 Å². The van der Waals surface area contributed by atoms with E-state index in [0.717, 1.165) is 39.2 Å². The average Bonchev–Trinajstić information content (AvgIpc) is 2.97. The first-order valence-electron chi connectivity index (χ1n) is 8.80. The summed E-state index contributed by atoms with van der Waals surface area (Å²) in [5, 5.41) is 19.2. The number of hydrogen-bond acceptors (Lipinski definition) is 4. The molecule has 0 spiro atoms. The van der Waals surface area contributed by atoms with Gasteiger partial charge in [0.2, 0.25) is 0 Å². The minimum atomic E-state index is 0.607. The molecule has 0 radical (unpaired) electrons. The van der Waals surface area contributed by atoms with E-state index < -0.39 is 0 Å². The van der Waals surface area contributed by atoms with Crippen LogP contribution in [-0.4, -0.2) is 34.0 Å². The van der Waals surface area contributed by atoms with Gasteiger partial charge in [-0.3, -0.25) is 4.68 Å². The van der Waals surface area contributed by atoms with Crippen molar-refractivity contribution in [1.82, 2.24) is 9.78 Å². The normalized spacial score (nSPS) is 12.4. The van der Waals surface area contributed by atoms with E-state index in [1.807, 2.05) is 49.2 Å². The van der Waals surface area contributed by atoms with Crippen molar-refractivity contribution in [3.8, 4) is 11.1 Å². The summed E-state index contributed by atoms with van der Waals surface area (Å²) in [6, 6.07) is 11.6. The number of aryl methyl sites for hydroxylation is 1. The Bertz CT molecular complexity index is 1040. The van der Waals surface area contributed by atoms with E-state index in [9.17, 15) is 0 Å². The summed E-state index contributed by atoms with van der Waals surface area (Å²) >= 11 is 14.2. The van der Waals surface area contributed by atoms with Gasteiger partial charge in [0, 0.05) is 51.5 Å². The zero-order chi connectivity index (χ0) is 20.1. The Morgan fingerprint density at radius 2 is 2.00 bits per heavy atom. The lowest BCUT2D eigenvalue weighted by Crippen LogP contribution is -2.04. The van der Waals surface area contributed by atoms with Crippen molar-refractivity contribution < 1.29 is 0 Å². The molecule has 3 aromatic rings. The Kier molecular flexibility index (Phi) is 7.10. The molecule has 0 atom stereocenters. The zero-order valence-electron chi connectivity index (χ0n) is 16.0. The SMILES string of the molecule is CSCCN=N/N=C(\C)Cc1c2cccc(-c3ccc(Cl)cc3Cl)c2nn1C. The fraction of sp³-hybridized carbons (Fsp3) is 0.300. The molecule has 146 valence electrons. The standard InChI is InChI=1S/C20H21Cl2N5S/c1-13(24-26-23-9-10-28-3)11-19-17-6-4-5-16(20(17)25-27(19)2)15-8-7-14(21)12-18(15)22/h4-8,12H,9-11H2,1-3H3/b24-13+,26-23?. The van der Waals surface area contributed by atoms with Crippen LogP contribution in [0.2, 0.25) is 10.0 Å². The lowest BCUT2D eigenvalue weighted by molar-refractivity contribution is 0.741. The highest BCUT2D eigenvalue weighted by Crippen LogP contribution is 2.35. The maximum Gasteiger partial charge on any atom is 0.100 e. The molecule has 0 aliphatic rings. The number of hydrogen-bond donors (Lipinski definition) is 0. The van der Waals surface area contributed by atoms with Gasteiger partial charge < -0.3 is 0 Å². The summed E-state index contributed by atoms with van der Waals surface area (Å²) in [5.74, 6) is 0.945. The third kappa shape index (κ3) is 4.74. The molecule has 0 N–H and O–H groups in total. The molecule has 1 heterocycles. The predicted octanol–water partition coefficient (Wildman–Crippen LogP) is 6.28. The largest absolute Gasteiger partial charge is 0.271 e. The summed E-state index contributed by atoms with van der Waals surface area (Å²) in [7, 11) is 1.94. The highest BCUT2D eigenvalue weighted by Gasteiger charge is 2.15. The van der Waals surface area contributed by atoms with Gasteiger partial charge in [0.1, 0.15) is 5.52 Å². The monoisotopic (exact) mass is 433 g/mol.